The van der Waals surface area contributed by atoms with Crippen LogP contribution in [-0.2, 0) is 9.53 Å². The van der Waals surface area contributed by atoms with Crippen LogP contribution >= 0.6 is 0 Å². The van der Waals surface area contributed by atoms with Crippen LogP contribution in [0.5, 0.6) is 5.75 Å². The van der Waals surface area contributed by atoms with Crippen molar-refractivity contribution in [2.75, 3.05) is 44.8 Å². The Morgan fingerprint density at radius 2 is 1.94 bits per heavy atom. The van der Waals surface area contributed by atoms with E-state index in [0.717, 1.165) is 32.8 Å². The Morgan fingerprint density at radius 1 is 1.23 bits per heavy atom. The molecule has 9 heteroatoms. The van der Waals surface area contributed by atoms with E-state index in [1.165, 1.54) is 24.3 Å². The summed E-state index contributed by atoms with van der Waals surface area (Å²) in [5.41, 5.74) is 0.253. The highest BCUT2D eigenvalue weighted by Crippen LogP contribution is 2.24. The molecule has 2 aromatic carbocycles. The summed E-state index contributed by atoms with van der Waals surface area (Å²) in [5.74, 6) is -0.0316. The molecule has 0 aromatic heterocycles. The topological polar surface area (TPSA) is 118 Å². The number of ether oxygens (including phenoxy) is 2. The first-order valence-electron chi connectivity index (χ1n) is 9.76. The first-order valence-corrected chi connectivity index (χ1v) is 9.76. The number of nitrogens with zero attached hydrogens (tertiary/aromatic N) is 3. The van der Waals surface area contributed by atoms with Gasteiger partial charge in [0, 0.05) is 25.7 Å². The van der Waals surface area contributed by atoms with Crippen molar-refractivity contribution in [2.45, 2.75) is 0 Å². The van der Waals surface area contributed by atoms with Gasteiger partial charge in [0.25, 0.3) is 11.6 Å². The molecule has 0 saturated carbocycles. The van der Waals surface area contributed by atoms with Crippen LogP contribution < -0.4 is 10.1 Å². The van der Waals surface area contributed by atoms with Crippen molar-refractivity contribution in [1.82, 2.24) is 4.90 Å². The predicted octanol–water partition coefficient (Wildman–Crippen LogP) is 2.85. The molecule has 1 heterocycles. The van der Waals surface area contributed by atoms with Crippen molar-refractivity contribution in [3.63, 3.8) is 0 Å². The van der Waals surface area contributed by atoms with Gasteiger partial charge in [-0.3, -0.25) is 19.8 Å². The van der Waals surface area contributed by atoms with Crippen LogP contribution in [0.2, 0.25) is 0 Å². The quantitative estimate of drug-likeness (QED) is 0.301. The van der Waals surface area contributed by atoms with Gasteiger partial charge >= 0.3 is 0 Å². The van der Waals surface area contributed by atoms with Gasteiger partial charge in [0.1, 0.15) is 29.7 Å². The van der Waals surface area contributed by atoms with Crippen molar-refractivity contribution in [1.29, 1.82) is 5.26 Å². The summed E-state index contributed by atoms with van der Waals surface area (Å²) >= 11 is 0. The number of hydrogen-bond donors (Lipinski definition) is 1. The fraction of sp³-hybridized carbons (Fsp3) is 0.273. The van der Waals surface area contributed by atoms with Gasteiger partial charge in [-0.1, -0.05) is 24.3 Å². The van der Waals surface area contributed by atoms with Crippen LogP contribution in [0.4, 0.5) is 11.4 Å². The van der Waals surface area contributed by atoms with E-state index < -0.39 is 10.8 Å². The number of benzene rings is 2. The summed E-state index contributed by atoms with van der Waals surface area (Å²) in [6.45, 7) is 4.66. The maximum absolute atomic E-state index is 12.4. The molecular formula is C22H22N4O5. The molecule has 0 bridgehead atoms. The summed E-state index contributed by atoms with van der Waals surface area (Å²) in [6.07, 6.45) is 1.42. The third-order valence-corrected chi connectivity index (χ3v) is 4.69. The average Bonchev–Trinajstić information content (AvgIpc) is 2.79. The van der Waals surface area contributed by atoms with E-state index in [2.05, 4.69) is 10.2 Å². The number of carbonyl (C=O) groups is 1. The maximum atomic E-state index is 12.4. The first-order chi connectivity index (χ1) is 15.1. The molecule has 1 N–H and O–H groups in total. The molecule has 1 saturated heterocycles. The van der Waals surface area contributed by atoms with Crippen molar-refractivity contribution in [3.8, 4) is 11.8 Å². The largest absolute Gasteiger partial charge is 0.492 e. The normalized spacial score (nSPS) is 14.5. The van der Waals surface area contributed by atoms with E-state index in [4.69, 9.17) is 9.47 Å². The molecule has 1 amide bonds. The molecular weight excluding hydrogens is 400 g/mol. The maximum Gasteiger partial charge on any atom is 0.292 e. The number of morpholine rings is 1. The zero-order valence-electron chi connectivity index (χ0n) is 16.8. The number of anilines is 1. The highest BCUT2D eigenvalue weighted by Gasteiger charge is 2.17. The van der Waals surface area contributed by atoms with Crippen LogP contribution in [0.3, 0.4) is 0 Å². The Balaban J connectivity index is 1.59. The van der Waals surface area contributed by atoms with E-state index in [0.29, 0.717) is 17.9 Å². The van der Waals surface area contributed by atoms with Gasteiger partial charge < -0.3 is 14.8 Å². The van der Waals surface area contributed by atoms with E-state index in [1.807, 2.05) is 6.07 Å². The third kappa shape index (κ3) is 6.37. The lowest BCUT2D eigenvalue weighted by Crippen LogP contribution is -2.38. The molecule has 0 spiro atoms. The highest BCUT2D eigenvalue weighted by molar-refractivity contribution is 6.10. The fourth-order valence-electron chi connectivity index (χ4n) is 3.02. The molecule has 2 aromatic rings. The fourth-order valence-corrected chi connectivity index (χ4v) is 3.02. The third-order valence-electron chi connectivity index (χ3n) is 4.69. The average molecular weight is 422 g/mol. The number of rotatable bonds is 8. The van der Waals surface area contributed by atoms with Crippen LogP contribution in [-0.4, -0.2) is 55.2 Å². The van der Waals surface area contributed by atoms with Crippen LogP contribution in [0.15, 0.2) is 54.1 Å². The second kappa shape index (κ2) is 10.9. The van der Waals surface area contributed by atoms with Gasteiger partial charge in [0.2, 0.25) is 0 Å². The van der Waals surface area contributed by atoms with Crippen molar-refractivity contribution in [3.05, 3.63) is 69.8 Å². The molecule has 1 aliphatic heterocycles. The van der Waals surface area contributed by atoms with E-state index in [9.17, 15) is 20.2 Å². The zero-order chi connectivity index (χ0) is 22.1. The number of nitrogens with one attached hydrogen (secondary N) is 1. The Bertz CT molecular complexity index is 992. The SMILES string of the molecule is N#CC(=Cc1ccc(OCCN2CCOCC2)cc1)C(=O)Nc1ccccc1[N+](=O)[O-]. The number of nitro groups is 1. The number of hydrogen-bond acceptors (Lipinski definition) is 7. The van der Waals surface area contributed by atoms with Gasteiger partial charge in [-0.15, -0.1) is 0 Å². The van der Waals surface area contributed by atoms with Crippen molar-refractivity contribution >= 4 is 23.4 Å². The predicted molar refractivity (Wildman–Crippen MR) is 115 cm³/mol. The Hall–Kier alpha value is -3.74. The molecule has 3 rings (SSSR count). The van der Waals surface area contributed by atoms with Crippen LogP contribution in [0.25, 0.3) is 6.08 Å². The lowest BCUT2D eigenvalue weighted by molar-refractivity contribution is -0.383. The minimum atomic E-state index is -0.720. The molecule has 1 aliphatic rings. The monoisotopic (exact) mass is 422 g/mol. The van der Waals surface area contributed by atoms with Crippen molar-refractivity contribution in [2.24, 2.45) is 0 Å². The standard InChI is InChI=1S/C22H22N4O5/c23-16-18(22(27)24-20-3-1-2-4-21(20)26(28)29)15-17-5-7-19(8-6-17)31-14-11-25-9-12-30-13-10-25/h1-8,15H,9-14H2,(H,24,27). The highest BCUT2D eigenvalue weighted by atomic mass is 16.6. The number of amides is 1. The van der Waals surface area contributed by atoms with Crippen LogP contribution in [0.1, 0.15) is 5.56 Å². The summed E-state index contributed by atoms with van der Waals surface area (Å²) in [6, 6.07) is 14.6. The van der Waals surface area contributed by atoms with E-state index in [-0.39, 0.29) is 16.9 Å². The molecule has 31 heavy (non-hydrogen) atoms. The van der Waals surface area contributed by atoms with Crippen molar-refractivity contribution < 1.29 is 19.2 Å². The first kappa shape index (κ1) is 22.0. The number of nitro benzene ring substituents is 1. The molecule has 160 valence electrons. The summed E-state index contributed by atoms with van der Waals surface area (Å²) in [7, 11) is 0. The molecule has 0 aliphatic carbocycles. The van der Waals surface area contributed by atoms with Crippen LogP contribution in [0, 0.1) is 21.4 Å². The smallest absolute Gasteiger partial charge is 0.292 e. The Morgan fingerprint density at radius 3 is 2.61 bits per heavy atom. The van der Waals surface area contributed by atoms with Gasteiger partial charge in [-0.25, -0.2) is 0 Å². The van der Waals surface area contributed by atoms with Gasteiger partial charge in [0.15, 0.2) is 0 Å². The summed E-state index contributed by atoms with van der Waals surface area (Å²) in [4.78, 5) is 25.2. The summed E-state index contributed by atoms with van der Waals surface area (Å²) in [5, 5.41) is 22.9. The number of carbonyl (C=O) groups excluding carboxylic acids is 1. The van der Waals surface area contributed by atoms with E-state index in [1.54, 1.807) is 30.3 Å². The van der Waals surface area contributed by atoms with Gasteiger partial charge in [0.05, 0.1) is 18.1 Å². The second-order valence-electron chi connectivity index (χ2n) is 6.77. The molecule has 0 unspecified atom stereocenters. The number of nitriles is 1. The Kier molecular flexibility index (Phi) is 7.70. The van der Waals surface area contributed by atoms with Gasteiger partial charge in [-0.2, -0.15) is 5.26 Å². The molecule has 9 nitrogen and oxygen atoms in total. The second-order valence-corrected chi connectivity index (χ2v) is 6.77. The van der Waals surface area contributed by atoms with Gasteiger partial charge in [-0.05, 0) is 29.8 Å². The zero-order valence-corrected chi connectivity index (χ0v) is 16.8. The lowest BCUT2D eigenvalue weighted by Gasteiger charge is -2.26. The summed E-state index contributed by atoms with van der Waals surface area (Å²) < 4.78 is 11.1. The number of para-hydroxylation sites is 2. The van der Waals surface area contributed by atoms with E-state index >= 15 is 0 Å². The molecule has 0 atom stereocenters. The molecule has 1 fully saturated rings. The minimum Gasteiger partial charge on any atom is -0.492 e. The molecule has 0 radical (unpaired) electrons. The lowest BCUT2D eigenvalue weighted by atomic mass is 10.1. The Labute approximate surface area is 179 Å². The minimum absolute atomic E-state index is 0.0302.